The molecule has 1 heterocycles. The fraction of sp³-hybridized carbons (Fsp3) is 0.333. The molecule has 0 saturated carbocycles. The number of nitro groups is 1. The smallest absolute Gasteiger partial charge is 0.273 e. The van der Waals surface area contributed by atoms with Crippen LogP contribution in [0.25, 0.3) is 0 Å². The van der Waals surface area contributed by atoms with Crippen LogP contribution < -0.4 is 19.7 Å². The zero-order valence-corrected chi connectivity index (χ0v) is 17.2. The Labute approximate surface area is 173 Å². The first-order chi connectivity index (χ1) is 14.2. The summed E-state index contributed by atoms with van der Waals surface area (Å²) >= 11 is 0. The summed E-state index contributed by atoms with van der Waals surface area (Å²) in [7, 11) is 1.50. The van der Waals surface area contributed by atoms with Crippen LogP contribution in [-0.4, -0.2) is 36.5 Å². The molecule has 2 aromatic rings. The van der Waals surface area contributed by atoms with Crippen LogP contribution in [0.2, 0.25) is 0 Å². The Balaban J connectivity index is 1.90. The summed E-state index contributed by atoms with van der Waals surface area (Å²) in [4.78, 5) is 37.6. The Bertz CT molecular complexity index is 1000. The van der Waals surface area contributed by atoms with Gasteiger partial charge < -0.3 is 14.8 Å². The Morgan fingerprint density at radius 2 is 2.03 bits per heavy atom. The van der Waals surface area contributed by atoms with E-state index in [2.05, 4.69) is 5.32 Å². The number of nitrogens with one attached hydrogen (secondary N) is 1. The van der Waals surface area contributed by atoms with Gasteiger partial charge in [0, 0.05) is 6.07 Å². The molecule has 2 amide bonds. The average Bonchev–Trinajstić information content (AvgIpc) is 2.69. The quantitative estimate of drug-likeness (QED) is 0.575. The fourth-order valence-corrected chi connectivity index (χ4v) is 3.23. The monoisotopic (exact) mass is 413 g/mol. The summed E-state index contributed by atoms with van der Waals surface area (Å²) < 4.78 is 11.0. The minimum absolute atomic E-state index is 0.153. The van der Waals surface area contributed by atoms with Gasteiger partial charge in [-0.2, -0.15) is 0 Å². The second kappa shape index (κ2) is 8.40. The summed E-state index contributed by atoms with van der Waals surface area (Å²) in [6.45, 7) is 5.23. The van der Waals surface area contributed by atoms with Crippen LogP contribution in [0, 0.1) is 23.0 Å². The molecule has 2 aromatic carbocycles. The van der Waals surface area contributed by atoms with Crippen LogP contribution in [0.5, 0.6) is 11.5 Å². The minimum atomic E-state index is -0.846. The van der Waals surface area contributed by atoms with Crippen molar-refractivity contribution in [1.82, 2.24) is 0 Å². The summed E-state index contributed by atoms with van der Waals surface area (Å²) in [6, 6.07) is 9.34. The molecule has 30 heavy (non-hydrogen) atoms. The number of rotatable bonds is 6. The first-order valence-corrected chi connectivity index (χ1v) is 9.42. The van der Waals surface area contributed by atoms with Crippen LogP contribution in [0.4, 0.5) is 17.1 Å². The van der Waals surface area contributed by atoms with Crippen molar-refractivity contribution >= 4 is 28.9 Å². The molecule has 1 aliphatic rings. The Morgan fingerprint density at radius 1 is 1.30 bits per heavy atom. The van der Waals surface area contributed by atoms with E-state index in [-0.39, 0.29) is 29.8 Å². The first kappa shape index (κ1) is 21.1. The van der Waals surface area contributed by atoms with Crippen LogP contribution in [0.3, 0.4) is 0 Å². The van der Waals surface area contributed by atoms with Crippen LogP contribution in [-0.2, 0) is 9.59 Å². The SMILES string of the molecule is COc1ccc(C)cc1NC(=O)CN1C(=O)C(C(C)C)Oc2cc([N+](=O)[O-])ccc21. The molecule has 9 nitrogen and oxygen atoms in total. The van der Waals surface area contributed by atoms with Gasteiger partial charge in [0.25, 0.3) is 11.6 Å². The number of methoxy groups -OCH3 is 1. The molecule has 0 saturated heterocycles. The van der Waals surface area contributed by atoms with E-state index in [0.29, 0.717) is 17.1 Å². The zero-order chi connectivity index (χ0) is 22.0. The number of hydrogen-bond donors (Lipinski definition) is 1. The second-order valence-electron chi connectivity index (χ2n) is 7.37. The highest BCUT2D eigenvalue weighted by Gasteiger charge is 2.38. The molecular formula is C21H23N3O6. The molecule has 3 rings (SSSR count). The van der Waals surface area contributed by atoms with E-state index >= 15 is 0 Å². The number of non-ortho nitro benzene ring substituents is 1. The molecule has 0 spiro atoms. The molecule has 9 heteroatoms. The summed E-state index contributed by atoms with van der Waals surface area (Å²) in [5.41, 5.74) is 1.59. The van der Waals surface area contributed by atoms with Gasteiger partial charge in [0.15, 0.2) is 11.9 Å². The number of fused-ring (bicyclic) bond motifs is 1. The predicted molar refractivity (Wildman–Crippen MR) is 111 cm³/mol. The van der Waals surface area contributed by atoms with Gasteiger partial charge in [-0.25, -0.2) is 0 Å². The van der Waals surface area contributed by atoms with Gasteiger partial charge in [0.1, 0.15) is 12.3 Å². The Kier molecular flexibility index (Phi) is 5.91. The topological polar surface area (TPSA) is 111 Å². The second-order valence-corrected chi connectivity index (χ2v) is 7.37. The predicted octanol–water partition coefficient (Wildman–Crippen LogP) is 3.30. The largest absolute Gasteiger partial charge is 0.495 e. The normalized spacial score (nSPS) is 15.4. The van der Waals surface area contributed by atoms with Crippen molar-refractivity contribution < 1.29 is 24.0 Å². The molecule has 1 atom stereocenters. The highest BCUT2D eigenvalue weighted by Crippen LogP contribution is 2.38. The van der Waals surface area contributed by atoms with Gasteiger partial charge in [0.05, 0.1) is 29.5 Å². The van der Waals surface area contributed by atoms with Gasteiger partial charge in [-0.3, -0.25) is 24.6 Å². The molecule has 1 unspecified atom stereocenters. The number of hydrogen-bond acceptors (Lipinski definition) is 6. The van der Waals surface area contributed by atoms with Crippen molar-refractivity contribution in [3.05, 3.63) is 52.1 Å². The van der Waals surface area contributed by atoms with Crippen molar-refractivity contribution in [2.75, 3.05) is 23.9 Å². The maximum absolute atomic E-state index is 13.0. The number of amides is 2. The summed E-state index contributed by atoms with van der Waals surface area (Å²) in [5.74, 6) is -0.298. The summed E-state index contributed by atoms with van der Waals surface area (Å²) in [5, 5.41) is 13.9. The Morgan fingerprint density at radius 3 is 2.67 bits per heavy atom. The lowest BCUT2D eigenvalue weighted by molar-refractivity contribution is -0.384. The van der Waals surface area contributed by atoms with E-state index in [1.165, 1.54) is 30.2 Å². The highest BCUT2D eigenvalue weighted by atomic mass is 16.6. The van der Waals surface area contributed by atoms with Crippen molar-refractivity contribution in [3.8, 4) is 11.5 Å². The molecule has 0 aromatic heterocycles. The maximum atomic E-state index is 13.0. The third-order valence-electron chi connectivity index (χ3n) is 4.74. The number of aryl methyl sites for hydroxylation is 1. The number of anilines is 2. The molecule has 1 aliphatic heterocycles. The van der Waals surface area contributed by atoms with Crippen LogP contribution in [0.1, 0.15) is 19.4 Å². The average molecular weight is 413 g/mol. The van der Waals surface area contributed by atoms with Gasteiger partial charge in [-0.05, 0) is 36.6 Å². The molecule has 158 valence electrons. The van der Waals surface area contributed by atoms with E-state index in [4.69, 9.17) is 9.47 Å². The lowest BCUT2D eigenvalue weighted by atomic mass is 10.0. The number of carbonyl (C=O) groups is 2. The number of ether oxygens (including phenoxy) is 2. The van der Waals surface area contributed by atoms with E-state index in [9.17, 15) is 19.7 Å². The summed E-state index contributed by atoms with van der Waals surface area (Å²) in [6.07, 6.45) is -0.846. The van der Waals surface area contributed by atoms with Crippen molar-refractivity contribution in [2.45, 2.75) is 26.9 Å². The molecule has 0 aliphatic carbocycles. The number of nitro benzene ring substituents is 1. The van der Waals surface area contributed by atoms with Gasteiger partial charge >= 0.3 is 0 Å². The molecule has 0 fully saturated rings. The van der Waals surface area contributed by atoms with E-state index < -0.39 is 16.9 Å². The van der Waals surface area contributed by atoms with E-state index in [1.54, 1.807) is 26.0 Å². The first-order valence-electron chi connectivity index (χ1n) is 9.42. The Hall–Kier alpha value is -3.62. The van der Waals surface area contributed by atoms with Crippen molar-refractivity contribution in [3.63, 3.8) is 0 Å². The minimum Gasteiger partial charge on any atom is -0.495 e. The van der Waals surface area contributed by atoms with Gasteiger partial charge in [-0.15, -0.1) is 0 Å². The van der Waals surface area contributed by atoms with Gasteiger partial charge in [0.2, 0.25) is 5.91 Å². The standard InChI is InChI=1S/C21H23N3O6/c1-12(2)20-21(26)23(16-7-6-14(24(27)28)10-18(16)30-20)11-19(25)22-15-9-13(3)5-8-17(15)29-4/h5-10,12,20H,11H2,1-4H3,(H,22,25). The maximum Gasteiger partial charge on any atom is 0.273 e. The molecule has 0 radical (unpaired) electrons. The third-order valence-corrected chi connectivity index (χ3v) is 4.74. The zero-order valence-electron chi connectivity index (χ0n) is 17.2. The molecule has 0 bridgehead atoms. The number of benzene rings is 2. The molecule has 1 N–H and O–H groups in total. The van der Waals surface area contributed by atoms with Crippen molar-refractivity contribution in [2.24, 2.45) is 5.92 Å². The molecular weight excluding hydrogens is 390 g/mol. The third kappa shape index (κ3) is 4.19. The number of carbonyl (C=O) groups excluding carboxylic acids is 2. The highest BCUT2D eigenvalue weighted by molar-refractivity contribution is 6.06. The number of nitrogens with zero attached hydrogens (tertiary/aromatic N) is 2. The fourth-order valence-electron chi connectivity index (χ4n) is 3.23. The van der Waals surface area contributed by atoms with Crippen LogP contribution in [0.15, 0.2) is 36.4 Å². The van der Waals surface area contributed by atoms with E-state index in [1.807, 2.05) is 13.0 Å². The van der Waals surface area contributed by atoms with Crippen molar-refractivity contribution in [1.29, 1.82) is 0 Å². The lowest BCUT2D eigenvalue weighted by Crippen LogP contribution is -2.50. The van der Waals surface area contributed by atoms with E-state index in [0.717, 1.165) is 5.56 Å². The van der Waals surface area contributed by atoms with Crippen LogP contribution >= 0.6 is 0 Å². The van der Waals surface area contributed by atoms with Gasteiger partial charge in [-0.1, -0.05) is 19.9 Å². The lowest BCUT2D eigenvalue weighted by Gasteiger charge is -2.35.